The molecule has 9 heteroatoms. The number of nitrogens with zero attached hydrogens (tertiary/aromatic N) is 1. The number of carbonyl (C=O) groups is 2. The lowest BCUT2D eigenvalue weighted by Gasteiger charge is -2.37. The van der Waals surface area contributed by atoms with Gasteiger partial charge in [0.2, 0.25) is 5.91 Å². The Morgan fingerprint density at radius 2 is 2.07 bits per heavy atom. The Hall–Kier alpha value is -2.36. The highest BCUT2D eigenvalue weighted by atomic mass is 16.5. The molecule has 0 spiro atoms. The van der Waals surface area contributed by atoms with Gasteiger partial charge in [-0.05, 0) is 25.0 Å². The van der Waals surface area contributed by atoms with Crippen molar-refractivity contribution in [1.29, 1.82) is 0 Å². The predicted octanol–water partition coefficient (Wildman–Crippen LogP) is 0.974. The fourth-order valence-electron chi connectivity index (χ4n) is 3.62. The van der Waals surface area contributed by atoms with E-state index in [2.05, 4.69) is 10.6 Å². The van der Waals surface area contributed by atoms with Crippen LogP contribution in [0.4, 0.5) is 10.5 Å². The fourth-order valence-corrected chi connectivity index (χ4v) is 3.62. The summed E-state index contributed by atoms with van der Waals surface area (Å²) in [5.74, 6) is 0.682. The van der Waals surface area contributed by atoms with Crippen molar-refractivity contribution in [3.05, 3.63) is 24.3 Å². The standard InChI is InChI=1S/C20H29N3O6/c1-27-15-4-2-3-14(11-15)21-20(26)22-17-6-5-16(29-18(17)13-24)12-19(25)23-7-9-28-10-8-23/h2-4,11,16-18,24H,5-10,12-13H2,1H3,(H2,21,22,26)/t16-,17+,18-/m1/s1. The molecule has 3 rings (SSSR count). The first-order valence-corrected chi connectivity index (χ1v) is 9.92. The average molecular weight is 407 g/mol. The molecule has 2 heterocycles. The van der Waals surface area contributed by atoms with Crippen LogP contribution in [0.25, 0.3) is 0 Å². The molecule has 2 fully saturated rings. The molecular formula is C20H29N3O6. The monoisotopic (exact) mass is 407 g/mol. The molecule has 2 aliphatic heterocycles. The Bertz CT molecular complexity index is 695. The molecule has 0 radical (unpaired) electrons. The summed E-state index contributed by atoms with van der Waals surface area (Å²) < 4.78 is 16.3. The lowest BCUT2D eigenvalue weighted by molar-refractivity contribution is -0.143. The first-order chi connectivity index (χ1) is 14.1. The molecule has 9 nitrogen and oxygen atoms in total. The molecule has 3 amide bonds. The van der Waals surface area contributed by atoms with Crippen LogP contribution in [0.3, 0.4) is 0 Å². The van der Waals surface area contributed by atoms with Crippen molar-refractivity contribution < 1.29 is 28.9 Å². The first kappa shape index (κ1) is 21.4. The summed E-state index contributed by atoms with van der Waals surface area (Å²) in [5.41, 5.74) is 0.605. The summed E-state index contributed by atoms with van der Waals surface area (Å²) in [6, 6.07) is 6.33. The Morgan fingerprint density at radius 1 is 1.28 bits per heavy atom. The van der Waals surface area contributed by atoms with E-state index in [1.54, 1.807) is 36.3 Å². The first-order valence-electron chi connectivity index (χ1n) is 9.92. The maximum atomic E-state index is 12.4. The summed E-state index contributed by atoms with van der Waals surface area (Å²) >= 11 is 0. The quantitative estimate of drug-likeness (QED) is 0.649. The van der Waals surface area contributed by atoms with Gasteiger partial charge in [0.1, 0.15) is 11.9 Å². The Labute approximate surface area is 170 Å². The molecule has 0 saturated carbocycles. The minimum atomic E-state index is -0.553. The number of nitrogens with one attached hydrogen (secondary N) is 2. The van der Waals surface area contributed by atoms with E-state index in [1.165, 1.54) is 0 Å². The molecule has 160 valence electrons. The summed E-state index contributed by atoms with van der Waals surface area (Å²) in [6.45, 7) is 2.09. The molecular weight excluding hydrogens is 378 g/mol. The van der Waals surface area contributed by atoms with Crippen molar-refractivity contribution in [2.24, 2.45) is 0 Å². The number of amides is 3. The number of hydrogen-bond donors (Lipinski definition) is 3. The van der Waals surface area contributed by atoms with E-state index in [4.69, 9.17) is 14.2 Å². The fraction of sp³-hybridized carbons (Fsp3) is 0.600. The zero-order valence-corrected chi connectivity index (χ0v) is 16.6. The third kappa shape index (κ3) is 6.06. The highest BCUT2D eigenvalue weighted by Crippen LogP contribution is 2.23. The van der Waals surface area contributed by atoms with Crippen LogP contribution in [-0.4, -0.2) is 80.2 Å². The zero-order valence-electron chi connectivity index (χ0n) is 16.6. The lowest BCUT2D eigenvalue weighted by atomic mass is 9.97. The van der Waals surface area contributed by atoms with Gasteiger partial charge in [0.05, 0.1) is 45.5 Å². The third-order valence-electron chi connectivity index (χ3n) is 5.21. The summed E-state index contributed by atoms with van der Waals surface area (Å²) in [5, 5.41) is 15.3. The smallest absolute Gasteiger partial charge is 0.319 e. The molecule has 1 aromatic carbocycles. The minimum absolute atomic E-state index is 0.0390. The van der Waals surface area contributed by atoms with Crippen LogP contribution < -0.4 is 15.4 Å². The van der Waals surface area contributed by atoms with Gasteiger partial charge in [0.15, 0.2) is 0 Å². The largest absolute Gasteiger partial charge is 0.497 e. The zero-order chi connectivity index (χ0) is 20.6. The number of benzene rings is 1. The van der Waals surface area contributed by atoms with Gasteiger partial charge >= 0.3 is 6.03 Å². The number of aliphatic hydroxyl groups excluding tert-OH is 1. The van der Waals surface area contributed by atoms with Gasteiger partial charge in [-0.25, -0.2) is 4.79 Å². The van der Waals surface area contributed by atoms with Crippen molar-refractivity contribution in [3.63, 3.8) is 0 Å². The van der Waals surface area contributed by atoms with E-state index >= 15 is 0 Å². The van der Waals surface area contributed by atoms with Gasteiger partial charge in [0, 0.05) is 24.8 Å². The van der Waals surface area contributed by atoms with Gasteiger partial charge in [-0.3, -0.25) is 4.79 Å². The molecule has 0 unspecified atom stereocenters. The SMILES string of the molecule is COc1cccc(NC(=O)N[C@H]2CC[C@H](CC(=O)N3CCOCC3)O[C@@H]2CO)c1. The normalized spacial score (nSPS) is 24.6. The van der Waals surface area contributed by atoms with Crippen LogP contribution in [0.2, 0.25) is 0 Å². The van der Waals surface area contributed by atoms with Gasteiger partial charge in [0.25, 0.3) is 0 Å². The Balaban J connectivity index is 1.48. The third-order valence-corrected chi connectivity index (χ3v) is 5.21. The van der Waals surface area contributed by atoms with Gasteiger partial charge in [-0.2, -0.15) is 0 Å². The summed E-state index contributed by atoms with van der Waals surface area (Å²) in [7, 11) is 1.56. The number of ether oxygens (including phenoxy) is 3. The summed E-state index contributed by atoms with van der Waals surface area (Å²) in [4.78, 5) is 26.5. The van der Waals surface area contributed by atoms with Crippen molar-refractivity contribution in [3.8, 4) is 5.75 Å². The summed E-state index contributed by atoms with van der Waals surface area (Å²) in [6.07, 6.45) is 0.720. The van der Waals surface area contributed by atoms with Crippen LogP contribution in [0.15, 0.2) is 24.3 Å². The van der Waals surface area contributed by atoms with E-state index in [0.717, 1.165) is 0 Å². The molecule has 2 aliphatic rings. The highest BCUT2D eigenvalue weighted by Gasteiger charge is 2.33. The number of carbonyl (C=O) groups excluding carboxylic acids is 2. The van der Waals surface area contributed by atoms with E-state index in [-0.39, 0.29) is 37.1 Å². The number of urea groups is 1. The number of hydrogen-bond acceptors (Lipinski definition) is 6. The van der Waals surface area contributed by atoms with Crippen molar-refractivity contribution in [2.75, 3.05) is 45.3 Å². The average Bonchev–Trinajstić information content (AvgIpc) is 2.75. The number of morpholine rings is 1. The second-order valence-electron chi connectivity index (χ2n) is 7.19. The van der Waals surface area contributed by atoms with Crippen molar-refractivity contribution in [2.45, 2.75) is 37.5 Å². The predicted molar refractivity (Wildman–Crippen MR) is 106 cm³/mol. The molecule has 2 saturated heterocycles. The van der Waals surface area contributed by atoms with Gasteiger partial charge < -0.3 is 34.9 Å². The molecule has 3 atom stereocenters. The van der Waals surface area contributed by atoms with E-state index < -0.39 is 6.10 Å². The maximum absolute atomic E-state index is 12.4. The minimum Gasteiger partial charge on any atom is -0.497 e. The van der Waals surface area contributed by atoms with E-state index in [0.29, 0.717) is 50.6 Å². The van der Waals surface area contributed by atoms with Crippen LogP contribution in [0.5, 0.6) is 5.75 Å². The van der Waals surface area contributed by atoms with Crippen LogP contribution in [0.1, 0.15) is 19.3 Å². The topological polar surface area (TPSA) is 109 Å². The molecule has 29 heavy (non-hydrogen) atoms. The second-order valence-corrected chi connectivity index (χ2v) is 7.19. The molecule has 0 aromatic heterocycles. The van der Waals surface area contributed by atoms with Gasteiger partial charge in [-0.15, -0.1) is 0 Å². The van der Waals surface area contributed by atoms with E-state index in [9.17, 15) is 14.7 Å². The van der Waals surface area contributed by atoms with Crippen molar-refractivity contribution >= 4 is 17.6 Å². The van der Waals surface area contributed by atoms with Crippen molar-refractivity contribution in [1.82, 2.24) is 10.2 Å². The Kier molecular flexibility index (Phi) is 7.68. The Morgan fingerprint density at radius 3 is 2.79 bits per heavy atom. The number of anilines is 1. The van der Waals surface area contributed by atoms with Crippen LogP contribution in [0, 0.1) is 0 Å². The lowest BCUT2D eigenvalue weighted by Crippen LogP contribution is -2.52. The maximum Gasteiger partial charge on any atom is 0.319 e. The molecule has 3 N–H and O–H groups in total. The second kappa shape index (κ2) is 10.4. The molecule has 0 aliphatic carbocycles. The van der Waals surface area contributed by atoms with E-state index in [1.807, 2.05) is 0 Å². The molecule has 1 aromatic rings. The molecule has 0 bridgehead atoms. The van der Waals surface area contributed by atoms with Gasteiger partial charge in [-0.1, -0.05) is 6.07 Å². The highest BCUT2D eigenvalue weighted by molar-refractivity contribution is 5.89. The number of methoxy groups -OCH3 is 1. The number of aliphatic hydroxyl groups is 1. The number of rotatable bonds is 6. The van der Waals surface area contributed by atoms with Crippen LogP contribution >= 0.6 is 0 Å². The van der Waals surface area contributed by atoms with Crippen LogP contribution in [-0.2, 0) is 14.3 Å².